The van der Waals surface area contributed by atoms with Gasteiger partial charge in [-0.25, -0.2) is 0 Å². The Balaban J connectivity index is 2.70. The molecule has 5 heteroatoms. The van der Waals surface area contributed by atoms with Crippen LogP contribution in [-0.2, 0) is 0 Å². The van der Waals surface area contributed by atoms with Crippen LogP contribution in [0.25, 0.3) is 0 Å². The van der Waals surface area contributed by atoms with E-state index < -0.39 is 0 Å². The molecule has 0 amide bonds. The number of nitrogens with two attached hydrogens (primary N) is 1. The van der Waals surface area contributed by atoms with Crippen molar-refractivity contribution in [2.75, 3.05) is 0 Å². The highest BCUT2D eigenvalue weighted by Crippen LogP contribution is 2.17. The summed E-state index contributed by atoms with van der Waals surface area (Å²) in [5.41, 5.74) is 6.77. The number of nitrogens with zero attached hydrogens (tertiary/aromatic N) is 1. The highest BCUT2D eigenvalue weighted by molar-refractivity contribution is 9.10. The summed E-state index contributed by atoms with van der Waals surface area (Å²) in [6.07, 6.45) is 0.775. The molecule has 0 fully saturated rings. The molecule has 0 heterocycles. The standard InChI is InChI=1S/C12H18BrN3O/c1-3-11(12(14)16-17)15-8(2)9-4-6-10(13)7-5-9/h4-8,11,15,17H,3H2,1-2H3,(H2,14,16). The summed E-state index contributed by atoms with van der Waals surface area (Å²) in [4.78, 5) is 0. The van der Waals surface area contributed by atoms with Crippen LogP contribution in [0, 0.1) is 0 Å². The lowest BCUT2D eigenvalue weighted by atomic mass is 10.1. The first-order chi connectivity index (χ1) is 8.08. The number of benzene rings is 1. The number of hydrogen-bond donors (Lipinski definition) is 3. The minimum atomic E-state index is -0.112. The van der Waals surface area contributed by atoms with E-state index in [-0.39, 0.29) is 17.9 Å². The van der Waals surface area contributed by atoms with Gasteiger partial charge in [0.2, 0.25) is 0 Å². The molecule has 0 saturated heterocycles. The fraction of sp³-hybridized carbons (Fsp3) is 0.417. The second kappa shape index (κ2) is 6.61. The average molecular weight is 300 g/mol. The minimum absolute atomic E-state index is 0.112. The first-order valence-corrected chi connectivity index (χ1v) is 6.36. The molecular weight excluding hydrogens is 282 g/mol. The molecule has 0 bridgehead atoms. The highest BCUT2D eigenvalue weighted by atomic mass is 79.9. The van der Waals surface area contributed by atoms with E-state index in [4.69, 9.17) is 10.9 Å². The Morgan fingerprint density at radius 1 is 1.47 bits per heavy atom. The molecule has 94 valence electrons. The third kappa shape index (κ3) is 4.02. The van der Waals surface area contributed by atoms with E-state index in [1.807, 2.05) is 31.2 Å². The molecule has 0 spiro atoms. The SMILES string of the molecule is CCC(NC(C)c1ccc(Br)cc1)C(N)=NO. The smallest absolute Gasteiger partial charge is 0.156 e. The molecule has 1 rings (SSSR count). The van der Waals surface area contributed by atoms with E-state index in [0.717, 1.165) is 16.5 Å². The molecule has 4 N–H and O–H groups in total. The van der Waals surface area contributed by atoms with Gasteiger partial charge in [0.25, 0.3) is 0 Å². The molecular formula is C12H18BrN3O. The van der Waals surface area contributed by atoms with E-state index in [1.54, 1.807) is 0 Å². The molecule has 2 unspecified atom stereocenters. The van der Waals surface area contributed by atoms with Gasteiger partial charge in [0, 0.05) is 10.5 Å². The van der Waals surface area contributed by atoms with Crippen LogP contribution < -0.4 is 11.1 Å². The maximum atomic E-state index is 8.67. The molecule has 0 aromatic heterocycles. The number of hydrogen-bond acceptors (Lipinski definition) is 3. The Morgan fingerprint density at radius 3 is 2.53 bits per heavy atom. The van der Waals surface area contributed by atoms with Crippen molar-refractivity contribution < 1.29 is 5.21 Å². The molecule has 1 aromatic rings. The third-order valence-electron chi connectivity index (χ3n) is 2.70. The van der Waals surface area contributed by atoms with Crippen molar-refractivity contribution >= 4 is 21.8 Å². The molecule has 4 nitrogen and oxygen atoms in total. The maximum absolute atomic E-state index is 8.67. The van der Waals surface area contributed by atoms with Gasteiger partial charge in [0.05, 0.1) is 6.04 Å². The topological polar surface area (TPSA) is 70.6 Å². The summed E-state index contributed by atoms with van der Waals surface area (Å²) >= 11 is 3.40. The Kier molecular flexibility index (Phi) is 5.44. The van der Waals surface area contributed by atoms with Crippen LogP contribution in [0.3, 0.4) is 0 Å². The molecule has 0 aliphatic rings. The van der Waals surface area contributed by atoms with Crippen molar-refractivity contribution in [3.63, 3.8) is 0 Å². The van der Waals surface area contributed by atoms with Crippen molar-refractivity contribution in [2.24, 2.45) is 10.9 Å². The van der Waals surface area contributed by atoms with Crippen LogP contribution in [-0.4, -0.2) is 17.1 Å². The summed E-state index contributed by atoms with van der Waals surface area (Å²) in [6, 6.07) is 8.12. The zero-order chi connectivity index (χ0) is 12.8. The molecule has 17 heavy (non-hydrogen) atoms. The van der Waals surface area contributed by atoms with E-state index >= 15 is 0 Å². The highest BCUT2D eigenvalue weighted by Gasteiger charge is 2.15. The second-order valence-corrected chi connectivity index (χ2v) is 4.84. The summed E-state index contributed by atoms with van der Waals surface area (Å²) in [7, 11) is 0. The summed E-state index contributed by atoms with van der Waals surface area (Å²) in [6.45, 7) is 4.04. The van der Waals surface area contributed by atoms with E-state index in [2.05, 4.69) is 33.3 Å². The van der Waals surface area contributed by atoms with Crippen LogP contribution in [0.15, 0.2) is 33.9 Å². The lowest BCUT2D eigenvalue weighted by Crippen LogP contribution is -2.42. The van der Waals surface area contributed by atoms with Gasteiger partial charge < -0.3 is 16.3 Å². The van der Waals surface area contributed by atoms with Crippen LogP contribution in [0.2, 0.25) is 0 Å². The van der Waals surface area contributed by atoms with Crippen molar-refractivity contribution in [1.29, 1.82) is 0 Å². The number of nitrogens with one attached hydrogen (secondary N) is 1. The monoisotopic (exact) mass is 299 g/mol. The van der Waals surface area contributed by atoms with Gasteiger partial charge >= 0.3 is 0 Å². The van der Waals surface area contributed by atoms with Gasteiger partial charge in [-0.2, -0.15) is 0 Å². The van der Waals surface area contributed by atoms with Crippen LogP contribution in [0.5, 0.6) is 0 Å². The van der Waals surface area contributed by atoms with Gasteiger partial charge in [0.1, 0.15) is 0 Å². The lowest BCUT2D eigenvalue weighted by Gasteiger charge is -2.21. The second-order valence-electron chi connectivity index (χ2n) is 3.93. The third-order valence-corrected chi connectivity index (χ3v) is 3.23. The molecule has 0 aliphatic heterocycles. The number of amidine groups is 1. The van der Waals surface area contributed by atoms with Gasteiger partial charge in [-0.15, -0.1) is 0 Å². The average Bonchev–Trinajstić information content (AvgIpc) is 2.35. The summed E-state index contributed by atoms with van der Waals surface area (Å²) < 4.78 is 1.05. The van der Waals surface area contributed by atoms with Crippen molar-refractivity contribution in [3.8, 4) is 0 Å². The quantitative estimate of drug-likeness (QED) is 0.339. The maximum Gasteiger partial charge on any atom is 0.156 e. The van der Waals surface area contributed by atoms with E-state index in [9.17, 15) is 0 Å². The Hall–Kier alpha value is -1.07. The zero-order valence-electron chi connectivity index (χ0n) is 10.0. The largest absolute Gasteiger partial charge is 0.409 e. The number of halogens is 1. The molecule has 1 aromatic carbocycles. The molecule has 0 aliphatic carbocycles. The fourth-order valence-corrected chi connectivity index (χ4v) is 1.90. The molecule has 2 atom stereocenters. The first kappa shape index (κ1) is 14.0. The van der Waals surface area contributed by atoms with Gasteiger partial charge in [-0.05, 0) is 31.0 Å². The fourth-order valence-electron chi connectivity index (χ4n) is 1.63. The van der Waals surface area contributed by atoms with Gasteiger partial charge in [-0.1, -0.05) is 40.1 Å². The lowest BCUT2D eigenvalue weighted by molar-refractivity contribution is 0.313. The molecule has 0 saturated carbocycles. The van der Waals surface area contributed by atoms with Crippen LogP contribution >= 0.6 is 15.9 Å². The Bertz CT molecular complexity index is 378. The normalized spacial score (nSPS) is 15.6. The zero-order valence-corrected chi connectivity index (χ0v) is 11.6. The first-order valence-electron chi connectivity index (χ1n) is 5.57. The number of oxime groups is 1. The Labute approximate surface area is 110 Å². The van der Waals surface area contributed by atoms with Gasteiger partial charge in [0.15, 0.2) is 5.84 Å². The summed E-state index contributed by atoms with van der Waals surface area (Å²) in [5, 5.41) is 15.0. The number of rotatable bonds is 5. The van der Waals surface area contributed by atoms with Crippen molar-refractivity contribution in [3.05, 3.63) is 34.3 Å². The van der Waals surface area contributed by atoms with E-state index in [0.29, 0.717) is 0 Å². The predicted octanol–water partition coefficient (Wildman–Crippen LogP) is 2.62. The van der Waals surface area contributed by atoms with Gasteiger partial charge in [-0.3, -0.25) is 0 Å². The van der Waals surface area contributed by atoms with Crippen LogP contribution in [0.4, 0.5) is 0 Å². The van der Waals surface area contributed by atoms with E-state index in [1.165, 1.54) is 0 Å². The predicted molar refractivity (Wildman–Crippen MR) is 73.2 cm³/mol. The van der Waals surface area contributed by atoms with Crippen LogP contribution in [0.1, 0.15) is 31.9 Å². The Morgan fingerprint density at radius 2 is 2.06 bits per heavy atom. The molecule has 0 radical (unpaired) electrons. The van der Waals surface area contributed by atoms with Crippen molar-refractivity contribution in [1.82, 2.24) is 5.32 Å². The van der Waals surface area contributed by atoms with Crippen molar-refractivity contribution in [2.45, 2.75) is 32.4 Å². The summed E-state index contributed by atoms with van der Waals surface area (Å²) in [5.74, 6) is 0.219. The minimum Gasteiger partial charge on any atom is -0.409 e.